The van der Waals surface area contributed by atoms with E-state index in [2.05, 4.69) is 43.4 Å². The molecule has 0 aliphatic carbocycles. The molecule has 2 aromatic rings. The first kappa shape index (κ1) is 13.5. The average molecular weight is 255 g/mol. The van der Waals surface area contributed by atoms with Gasteiger partial charge in [-0.2, -0.15) is 0 Å². The molecule has 2 aromatic carbocycles. The molecule has 0 amide bonds. The molecule has 0 aliphatic heterocycles. The summed E-state index contributed by atoms with van der Waals surface area (Å²) in [6.45, 7) is 4.33. The van der Waals surface area contributed by atoms with Crippen LogP contribution >= 0.6 is 0 Å². The summed E-state index contributed by atoms with van der Waals surface area (Å²) in [4.78, 5) is 0. The summed E-state index contributed by atoms with van der Waals surface area (Å²) in [6.07, 6.45) is 2.23. The van der Waals surface area contributed by atoms with Gasteiger partial charge in [-0.25, -0.2) is 0 Å². The largest absolute Gasteiger partial charge is 0.508 e. The fraction of sp³-hybridized carbons (Fsp3) is 0.294. The quantitative estimate of drug-likeness (QED) is 0.823. The molecule has 2 N–H and O–H groups in total. The lowest BCUT2D eigenvalue weighted by atomic mass is 10.0. The van der Waals surface area contributed by atoms with Crippen molar-refractivity contribution in [2.45, 2.75) is 32.7 Å². The molecule has 2 rings (SSSR count). The van der Waals surface area contributed by atoms with Crippen molar-refractivity contribution in [1.29, 1.82) is 0 Å². The Bertz CT molecular complexity index is 519. The minimum absolute atomic E-state index is 0.221. The van der Waals surface area contributed by atoms with Crippen LogP contribution in [0.15, 0.2) is 48.5 Å². The lowest BCUT2D eigenvalue weighted by molar-refractivity contribution is 0.475. The number of benzene rings is 2. The Kier molecular flexibility index (Phi) is 4.45. The third-order valence-corrected chi connectivity index (χ3v) is 3.30. The minimum Gasteiger partial charge on any atom is -0.508 e. The maximum Gasteiger partial charge on any atom is 0.115 e. The Balaban J connectivity index is 2.14. The van der Waals surface area contributed by atoms with Crippen LogP contribution in [-0.4, -0.2) is 5.11 Å². The molecule has 0 aliphatic rings. The van der Waals surface area contributed by atoms with Gasteiger partial charge in [-0.1, -0.05) is 43.7 Å². The lowest BCUT2D eigenvalue weighted by Gasteiger charge is -2.18. The van der Waals surface area contributed by atoms with Gasteiger partial charge in [0, 0.05) is 11.7 Å². The van der Waals surface area contributed by atoms with Crippen molar-refractivity contribution >= 4 is 5.69 Å². The first-order chi connectivity index (χ1) is 9.20. The number of hydrogen-bond acceptors (Lipinski definition) is 2. The second kappa shape index (κ2) is 6.28. The number of para-hydroxylation sites is 1. The van der Waals surface area contributed by atoms with Crippen LogP contribution in [0.3, 0.4) is 0 Å². The minimum atomic E-state index is 0.221. The van der Waals surface area contributed by atoms with E-state index in [4.69, 9.17) is 0 Å². The van der Waals surface area contributed by atoms with Gasteiger partial charge in [0.05, 0.1) is 0 Å². The van der Waals surface area contributed by atoms with Gasteiger partial charge in [-0.15, -0.1) is 0 Å². The normalized spacial score (nSPS) is 12.1. The highest BCUT2D eigenvalue weighted by atomic mass is 16.3. The standard InChI is InChI=1S/C17H21NO/c1-3-6-15-7-4-5-8-17(15)18-13(2)14-9-11-16(19)12-10-14/h4-5,7-13,18-19H,3,6H2,1-2H3. The number of phenols is 1. The highest BCUT2D eigenvalue weighted by Crippen LogP contribution is 2.24. The molecule has 0 fully saturated rings. The lowest BCUT2D eigenvalue weighted by Crippen LogP contribution is -2.08. The number of phenolic OH excluding ortho intramolecular Hbond substituents is 1. The van der Waals surface area contributed by atoms with Crippen LogP contribution < -0.4 is 5.32 Å². The molecule has 1 unspecified atom stereocenters. The molecule has 0 saturated carbocycles. The Labute approximate surface area is 115 Å². The number of aromatic hydroxyl groups is 1. The van der Waals surface area contributed by atoms with Crippen molar-refractivity contribution in [1.82, 2.24) is 0 Å². The number of rotatable bonds is 5. The third-order valence-electron chi connectivity index (χ3n) is 3.30. The SMILES string of the molecule is CCCc1ccccc1NC(C)c1ccc(O)cc1. The van der Waals surface area contributed by atoms with Crippen molar-refractivity contribution in [2.75, 3.05) is 5.32 Å². The second-order valence-electron chi connectivity index (χ2n) is 4.86. The predicted octanol–water partition coefficient (Wildman–Crippen LogP) is 4.52. The maximum absolute atomic E-state index is 9.32. The summed E-state index contributed by atoms with van der Waals surface area (Å²) in [6, 6.07) is 16.0. The smallest absolute Gasteiger partial charge is 0.115 e. The number of nitrogens with one attached hydrogen (secondary N) is 1. The van der Waals surface area contributed by atoms with Crippen molar-refractivity contribution in [3.63, 3.8) is 0 Å². The molecule has 0 saturated heterocycles. The van der Waals surface area contributed by atoms with E-state index in [1.165, 1.54) is 16.8 Å². The highest BCUT2D eigenvalue weighted by molar-refractivity contribution is 5.52. The second-order valence-corrected chi connectivity index (χ2v) is 4.86. The molecule has 2 nitrogen and oxygen atoms in total. The van der Waals surface area contributed by atoms with Crippen molar-refractivity contribution < 1.29 is 5.11 Å². The van der Waals surface area contributed by atoms with Gasteiger partial charge < -0.3 is 10.4 Å². The van der Waals surface area contributed by atoms with Crippen molar-refractivity contribution in [2.24, 2.45) is 0 Å². The molecule has 19 heavy (non-hydrogen) atoms. The monoisotopic (exact) mass is 255 g/mol. The Morgan fingerprint density at radius 3 is 2.42 bits per heavy atom. The molecular formula is C17H21NO. The van der Waals surface area contributed by atoms with Gasteiger partial charge in [-0.3, -0.25) is 0 Å². The van der Waals surface area contributed by atoms with Crippen LogP contribution in [0, 0.1) is 0 Å². The van der Waals surface area contributed by atoms with E-state index in [9.17, 15) is 5.11 Å². The topological polar surface area (TPSA) is 32.3 Å². The summed E-state index contributed by atoms with van der Waals surface area (Å²) in [7, 11) is 0. The van der Waals surface area contributed by atoms with E-state index in [1.54, 1.807) is 12.1 Å². The van der Waals surface area contributed by atoms with Crippen LogP contribution in [-0.2, 0) is 6.42 Å². The number of hydrogen-bond donors (Lipinski definition) is 2. The van der Waals surface area contributed by atoms with Gasteiger partial charge in [0.25, 0.3) is 0 Å². The van der Waals surface area contributed by atoms with Crippen LogP contribution in [0.2, 0.25) is 0 Å². The molecule has 0 bridgehead atoms. The maximum atomic E-state index is 9.32. The highest BCUT2D eigenvalue weighted by Gasteiger charge is 2.07. The van der Waals surface area contributed by atoms with Crippen LogP contribution in [0.25, 0.3) is 0 Å². The van der Waals surface area contributed by atoms with Gasteiger partial charge in [0.2, 0.25) is 0 Å². The summed E-state index contributed by atoms with van der Waals surface area (Å²) in [5.74, 6) is 0.308. The van der Waals surface area contributed by atoms with Crippen LogP contribution in [0.5, 0.6) is 5.75 Å². The molecule has 1 atom stereocenters. The van der Waals surface area contributed by atoms with E-state index in [0.717, 1.165) is 12.8 Å². The third kappa shape index (κ3) is 3.50. The Hall–Kier alpha value is -1.96. The molecular weight excluding hydrogens is 234 g/mol. The number of anilines is 1. The van der Waals surface area contributed by atoms with Gasteiger partial charge in [0.15, 0.2) is 0 Å². The van der Waals surface area contributed by atoms with Crippen LogP contribution in [0.4, 0.5) is 5.69 Å². The molecule has 0 aromatic heterocycles. The molecule has 0 radical (unpaired) electrons. The van der Waals surface area contributed by atoms with E-state index in [1.807, 2.05) is 12.1 Å². The molecule has 0 spiro atoms. The summed E-state index contributed by atoms with van der Waals surface area (Å²) >= 11 is 0. The molecule has 100 valence electrons. The summed E-state index contributed by atoms with van der Waals surface area (Å²) < 4.78 is 0. The average Bonchev–Trinajstić information content (AvgIpc) is 2.42. The molecule has 2 heteroatoms. The fourth-order valence-electron chi connectivity index (χ4n) is 2.23. The molecule has 0 heterocycles. The predicted molar refractivity (Wildman–Crippen MR) is 80.6 cm³/mol. The van der Waals surface area contributed by atoms with Gasteiger partial charge in [0.1, 0.15) is 5.75 Å². The zero-order valence-corrected chi connectivity index (χ0v) is 11.6. The first-order valence-corrected chi connectivity index (χ1v) is 6.84. The van der Waals surface area contributed by atoms with Crippen molar-refractivity contribution in [3.05, 3.63) is 59.7 Å². The van der Waals surface area contributed by atoms with E-state index in [0.29, 0.717) is 5.75 Å². The Morgan fingerprint density at radius 2 is 1.74 bits per heavy atom. The Morgan fingerprint density at radius 1 is 1.05 bits per heavy atom. The van der Waals surface area contributed by atoms with Gasteiger partial charge >= 0.3 is 0 Å². The van der Waals surface area contributed by atoms with E-state index < -0.39 is 0 Å². The first-order valence-electron chi connectivity index (χ1n) is 6.84. The van der Waals surface area contributed by atoms with E-state index in [-0.39, 0.29) is 6.04 Å². The van der Waals surface area contributed by atoms with Crippen molar-refractivity contribution in [3.8, 4) is 5.75 Å². The summed E-state index contributed by atoms with van der Waals surface area (Å²) in [5, 5.41) is 12.9. The number of aryl methyl sites for hydroxylation is 1. The van der Waals surface area contributed by atoms with Gasteiger partial charge in [-0.05, 0) is 42.7 Å². The summed E-state index contributed by atoms with van der Waals surface area (Å²) in [5.41, 5.74) is 3.73. The zero-order valence-electron chi connectivity index (χ0n) is 11.6. The van der Waals surface area contributed by atoms with E-state index >= 15 is 0 Å². The van der Waals surface area contributed by atoms with Crippen LogP contribution in [0.1, 0.15) is 37.4 Å². The zero-order chi connectivity index (χ0) is 13.7. The fourth-order valence-corrected chi connectivity index (χ4v) is 2.23.